The molecule has 1 nitrogen and oxygen atoms in total. The molecule has 2 aromatic carbocycles. The molecule has 2 aromatic rings. The zero-order valence-corrected chi connectivity index (χ0v) is 11.4. The van der Waals surface area contributed by atoms with Crippen molar-refractivity contribution in [1.82, 2.24) is 0 Å². The normalized spacial score (nSPS) is 14.4. The van der Waals surface area contributed by atoms with Crippen molar-refractivity contribution < 1.29 is 0 Å². The van der Waals surface area contributed by atoms with E-state index in [0.717, 1.165) is 12.8 Å². The standard InChI is InChI=1S/C18H21N/c1-2-18(19,17-13-7-4-8-14-17)15-9-12-16-10-5-3-6-11-16/h3-14H,2,15,19H2,1H3/b12-9+. The van der Waals surface area contributed by atoms with Gasteiger partial charge in [0.25, 0.3) is 0 Å². The fourth-order valence-electron chi connectivity index (χ4n) is 2.21. The lowest BCUT2D eigenvalue weighted by Crippen LogP contribution is -2.35. The van der Waals surface area contributed by atoms with Crippen LogP contribution in [0, 0.1) is 0 Å². The quantitative estimate of drug-likeness (QED) is 0.839. The van der Waals surface area contributed by atoms with Crippen LogP contribution in [0.25, 0.3) is 6.08 Å². The van der Waals surface area contributed by atoms with E-state index in [1.807, 2.05) is 36.4 Å². The highest BCUT2D eigenvalue weighted by atomic mass is 14.7. The second-order valence-electron chi connectivity index (χ2n) is 4.89. The minimum atomic E-state index is -0.271. The summed E-state index contributed by atoms with van der Waals surface area (Å²) >= 11 is 0. The summed E-state index contributed by atoms with van der Waals surface area (Å²) < 4.78 is 0. The molecule has 1 heteroatoms. The molecule has 1 unspecified atom stereocenters. The van der Waals surface area contributed by atoms with Crippen molar-refractivity contribution in [3.05, 3.63) is 77.9 Å². The van der Waals surface area contributed by atoms with Crippen molar-refractivity contribution in [2.45, 2.75) is 25.3 Å². The Bertz CT molecular complexity index is 516. The van der Waals surface area contributed by atoms with Gasteiger partial charge in [-0.3, -0.25) is 0 Å². The lowest BCUT2D eigenvalue weighted by atomic mass is 9.85. The minimum Gasteiger partial charge on any atom is -0.321 e. The molecule has 98 valence electrons. The molecular formula is C18H21N. The zero-order chi connectivity index (χ0) is 13.6. The Hall–Kier alpha value is -1.86. The summed E-state index contributed by atoms with van der Waals surface area (Å²) in [4.78, 5) is 0. The summed E-state index contributed by atoms with van der Waals surface area (Å²) in [5.41, 5.74) is 8.68. The van der Waals surface area contributed by atoms with Gasteiger partial charge in [0.1, 0.15) is 0 Å². The second kappa shape index (κ2) is 6.35. The highest BCUT2D eigenvalue weighted by Crippen LogP contribution is 2.26. The molecule has 2 N–H and O–H groups in total. The molecule has 1 atom stereocenters. The van der Waals surface area contributed by atoms with Crippen molar-refractivity contribution >= 4 is 6.08 Å². The molecule has 0 aliphatic carbocycles. The van der Waals surface area contributed by atoms with E-state index in [-0.39, 0.29) is 5.54 Å². The topological polar surface area (TPSA) is 26.0 Å². The molecule has 0 saturated heterocycles. The predicted octanol–water partition coefficient (Wildman–Crippen LogP) is 4.35. The van der Waals surface area contributed by atoms with E-state index >= 15 is 0 Å². The van der Waals surface area contributed by atoms with Crippen LogP contribution in [0.15, 0.2) is 66.7 Å². The SMILES string of the molecule is CCC(N)(C/C=C/c1ccccc1)c1ccccc1. The first-order valence-electron chi connectivity index (χ1n) is 6.80. The van der Waals surface area contributed by atoms with E-state index in [0.29, 0.717) is 0 Å². The van der Waals surface area contributed by atoms with Crippen molar-refractivity contribution in [2.75, 3.05) is 0 Å². The molecule has 0 heterocycles. The Morgan fingerprint density at radius 2 is 1.53 bits per heavy atom. The maximum atomic E-state index is 6.53. The van der Waals surface area contributed by atoms with E-state index in [9.17, 15) is 0 Å². The van der Waals surface area contributed by atoms with Crippen LogP contribution in [0.5, 0.6) is 0 Å². The van der Waals surface area contributed by atoms with Gasteiger partial charge in [-0.15, -0.1) is 0 Å². The van der Waals surface area contributed by atoms with Crippen LogP contribution in [0.2, 0.25) is 0 Å². The Morgan fingerprint density at radius 1 is 0.947 bits per heavy atom. The molecule has 19 heavy (non-hydrogen) atoms. The maximum absolute atomic E-state index is 6.53. The van der Waals surface area contributed by atoms with Crippen molar-refractivity contribution in [2.24, 2.45) is 5.73 Å². The zero-order valence-electron chi connectivity index (χ0n) is 11.4. The molecule has 2 rings (SSSR count). The van der Waals surface area contributed by atoms with Crippen molar-refractivity contribution in [1.29, 1.82) is 0 Å². The summed E-state index contributed by atoms with van der Waals surface area (Å²) in [6.07, 6.45) is 6.09. The summed E-state index contributed by atoms with van der Waals surface area (Å²) in [7, 11) is 0. The van der Waals surface area contributed by atoms with Gasteiger partial charge in [0, 0.05) is 5.54 Å². The third-order valence-electron chi connectivity index (χ3n) is 3.57. The number of benzene rings is 2. The molecule has 0 amide bonds. The smallest absolute Gasteiger partial charge is 0.0441 e. The van der Waals surface area contributed by atoms with Crippen LogP contribution >= 0.6 is 0 Å². The van der Waals surface area contributed by atoms with Crippen LogP contribution < -0.4 is 5.73 Å². The van der Waals surface area contributed by atoms with Gasteiger partial charge in [-0.1, -0.05) is 79.7 Å². The summed E-state index contributed by atoms with van der Waals surface area (Å²) in [5, 5.41) is 0. The van der Waals surface area contributed by atoms with Crippen molar-refractivity contribution in [3.63, 3.8) is 0 Å². The molecule has 0 spiro atoms. The Balaban J connectivity index is 2.10. The molecule has 0 saturated carbocycles. The molecule has 0 fully saturated rings. The molecule has 0 aliphatic rings. The van der Waals surface area contributed by atoms with Crippen LogP contribution in [-0.4, -0.2) is 0 Å². The summed E-state index contributed by atoms with van der Waals surface area (Å²) in [5.74, 6) is 0. The van der Waals surface area contributed by atoms with Crippen LogP contribution in [0.4, 0.5) is 0 Å². The number of nitrogens with two attached hydrogens (primary N) is 1. The largest absolute Gasteiger partial charge is 0.321 e. The lowest BCUT2D eigenvalue weighted by Gasteiger charge is -2.27. The van der Waals surface area contributed by atoms with Gasteiger partial charge in [0.15, 0.2) is 0 Å². The van der Waals surface area contributed by atoms with E-state index in [1.165, 1.54) is 11.1 Å². The Morgan fingerprint density at radius 3 is 2.11 bits per heavy atom. The monoisotopic (exact) mass is 251 g/mol. The minimum absolute atomic E-state index is 0.271. The third-order valence-corrected chi connectivity index (χ3v) is 3.57. The van der Waals surface area contributed by atoms with E-state index in [4.69, 9.17) is 5.73 Å². The van der Waals surface area contributed by atoms with Gasteiger partial charge >= 0.3 is 0 Å². The first kappa shape index (κ1) is 13.6. The average Bonchev–Trinajstić information content (AvgIpc) is 2.49. The average molecular weight is 251 g/mol. The third kappa shape index (κ3) is 3.55. The highest BCUT2D eigenvalue weighted by Gasteiger charge is 2.22. The van der Waals surface area contributed by atoms with Gasteiger partial charge in [-0.25, -0.2) is 0 Å². The summed E-state index contributed by atoms with van der Waals surface area (Å²) in [6, 6.07) is 20.7. The second-order valence-corrected chi connectivity index (χ2v) is 4.89. The Kier molecular flexibility index (Phi) is 4.53. The van der Waals surface area contributed by atoms with Crippen LogP contribution in [0.1, 0.15) is 30.9 Å². The molecule has 0 radical (unpaired) electrons. The van der Waals surface area contributed by atoms with Crippen LogP contribution in [-0.2, 0) is 5.54 Å². The number of rotatable bonds is 5. The molecule has 0 aliphatic heterocycles. The maximum Gasteiger partial charge on any atom is 0.0441 e. The fraction of sp³-hybridized carbons (Fsp3) is 0.222. The first-order valence-corrected chi connectivity index (χ1v) is 6.80. The first-order chi connectivity index (χ1) is 9.24. The van der Waals surface area contributed by atoms with Gasteiger partial charge in [-0.2, -0.15) is 0 Å². The number of hydrogen-bond donors (Lipinski definition) is 1. The lowest BCUT2D eigenvalue weighted by molar-refractivity contribution is 0.434. The Labute approximate surface area is 115 Å². The molecule has 0 aromatic heterocycles. The van der Waals surface area contributed by atoms with Gasteiger partial charge in [0.2, 0.25) is 0 Å². The van der Waals surface area contributed by atoms with Gasteiger partial charge < -0.3 is 5.73 Å². The highest BCUT2D eigenvalue weighted by molar-refractivity contribution is 5.49. The van der Waals surface area contributed by atoms with Crippen LogP contribution in [0.3, 0.4) is 0 Å². The number of hydrogen-bond acceptors (Lipinski definition) is 1. The van der Waals surface area contributed by atoms with Gasteiger partial charge in [-0.05, 0) is 24.0 Å². The molecule has 0 bridgehead atoms. The van der Waals surface area contributed by atoms with E-state index in [2.05, 4.69) is 43.3 Å². The fourth-order valence-corrected chi connectivity index (χ4v) is 2.21. The van der Waals surface area contributed by atoms with Gasteiger partial charge in [0.05, 0.1) is 0 Å². The van der Waals surface area contributed by atoms with E-state index in [1.54, 1.807) is 0 Å². The summed E-state index contributed by atoms with van der Waals surface area (Å²) in [6.45, 7) is 2.14. The predicted molar refractivity (Wildman–Crippen MR) is 82.7 cm³/mol. The van der Waals surface area contributed by atoms with E-state index < -0.39 is 0 Å². The van der Waals surface area contributed by atoms with Crippen molar-refractivity contribution in [3.8, 4) is 0 Å². The molecular weight excluding hydrogens is 230 g/mol.